The zero-order valence-electron chi connectivity index (χ0n) is 7.02. The van der Waals surface area contributed by atoms with Crippen LogP contribution in [0.1, 0.15) is 5.56 Å². The van der Waals surface area contributed by atoms with Crippen LogP contribution >= 0.6 is 92.8 Å². The first kappa shape index (κ1) is 15.3. The van der Waals surface area contributed by atoms with Gasteiger partial charge in [0.15, 0.2) is 0 Å². The molecule has 0 atom stereocenters. The standard InChI is InChI=1S/C8Cl8/c9-2-1(4(11)8(15)16)3(10)6(13)7(14)5(2)12. The predicted molar refractivity (Wildman–Crippen MR) is 76.0 cm³/mol. The van der Waals surface area contributed by atoms with Gasteiger partial charge in [-0.2, -0.15) is 0 Å². The van der Waals surface area contributed by atoms with E-state index in [-0.39, 0.29) is 40.2 Å². The molecule has 0 nitrogen and oxygen atoms in total. The number of benzene rings is 1. The second-order valence-corrected chi connectivity index (χ2v) is 5.74. The van der Waals surface area contributed by atoms with Gasteiger partial charge in [0, 0.05) is 5.56 Å². The van der Waals surface area contributed by atoms with E-state index < -0.39 is 0 Å². The molecular weight excluding hydrogens is 380 g/mol. The quantitative estimate of drug-likeness (QED) is 0.355. The molecule has 0 bridgehead atoms. The van der Waals surface area contributed by atoms with Crippen molar-refractivity contribution in [3.05, 3.63) is 35.2 Å². The number of hydrogen-bond acceptors (Lipinski definition) is 0. The maximum Gasteiger partial charge on any atom is 0.126 e. The first-order valence-electron chi connectivity index (χ1n) is 3.51. The predicted octanol–water partition coefficient (Wildman–Crippen LogP) is 7.30. The molecular formula is C8Cl8. The lowest BCUT2D eigenvalue weighted by atomic mass is 10.2. The summed E-state index contributed by atoms with van der Waals surface area (Å²) in [6.45, 7) is 0. The van der Waals surface area contributed by atoms with Gasteiger partial charge in [-0.1, -0.05) is 92.8 Å². The second-order valence-electron chi connectivity index (χ2n) is 2.52. The average Bonchev–Trinajstić information content (AvgIpc) is 2.23. The van der Waals surface area contributed by atoms with Crippen LogP contribution in [0.5, 0.6) is 0 Å². The average molecular weight is 380 g/mol. The third-order valence-electron chi connectivity index (χ3n) is 1.60. The molecule has 0 unspecified atom stereocenters. The van der Waals surface area contributed by atoms with Crippen LogP contribution in [0.3, 0.4) is 0 Å². The molecule has 0 spiro atoms. The number of hydrogen-bond donors (Lipinski definition) is 0. The van der Waals surface area contributed by atoms with Gasteiger partial charge in [-0.05, 0) is 0 Å². The number of halogens is 8. The van der Waals surface area contributed by atoms with E-state index in [9.17, 15) is 0 Å². The molecule has 16 heavy (non-hydrogen) atoms. The van der Waals surface area contributed by atoms with Crippen LogP contribution in [0.15, 0.2) is 4.49 Å². The lowest BCUT2D eigenvalue weighted by molar-refractivity contribution is 1.64. The fourth-order valence-electron chi connectivity index (χ4n) is 0.892. The summed E-state index contributed by atoms with van der Waals surface area (Å²) in [7, 11) is 0. The summed E-state index contributed by atoms with van der Waals surface area (Å²) in [5.74, 6) is 0. The molecule has 0 saturated carbocycles. The Morgan fingerprint density at radius 3 is 1.19 bits per heavy atom. The Bertz CT molecular complexity index is 442. The molecule has 0 amide bonds. The lowest BCUT2D eigenvalue weighted by Crippen LogP contribution is -1.88. The molecule has 0 aliphatic rings. The molecule has 0 aliphatic carbocycles. The number of rotatable bonds is 1. The minimum absolute atomic E-state index is 0.0282. The Morgan fingerprint density at radius 1 is 0.562 bits per heavy atom. The van der Waals surface area contributed by atoms with E-state index >= 15 is 0 Å². The third kappa shape index (κ3) is 2.81. The molecule has 0 radical (unpaired) electrons. The molecule has 0 aromatic heterocycles. The molecule has 1 aromatic rings. The Morgan fingerprint density at radius 2 is 0.875 bits per heavy atom. The lowest BCUT2D eigenvalue weighted by Gasteiger charge is -2.11. The highest BCUT2D eigenvalue weighted by molar-refractivity contribution is 6.68. The highest BCUT2D eigenvalue weighted by Crippen LogP contribution is 2.48. The monoisotopic (exact) mass is 376 g/mol. The minimum Gasteiger partial charge on any atom is -0.0819 e. The van der Waals surface area contributed by atoms with Crippen LogP contribution in [0.2, 0.25) is 25.1 Å². The topological polar surface area (TPSA) is 0 Å². The van der Waals surface area contributed by atoms with Gasteiger partial charge in [0.2, 0.25) is 0 Å². The van der Waals surface area contributed by atoms with Gasteiger partial charge in [-0.3, -0.25) is 0 Å². The second kappa shape index (κ2) is 5.95. The Balaban J connectivity index is 3.72. The maximum atomic E-state index is 5.92. The van der Waals surface area contributed by atoms with E-state index in [1.54, 1.807) is 0 Å². The molecule has 88 valence electrons. The van der Waals surface area contributed by atoms with Crippen LogP contribution in [0.25, 0.3) is 5.03 Å². The Labute approximate surface area is 132 Å². The van der Waals surface area contributed by atoms with Crippen molar-refractivity contribution in [2.75, 3.05) is 0 Å². The molecule has 0 fully saturated rings. The normalized spacial score (nSPS) is 10.5. The van der Waals surface area contributed by atoms with Crippen molar-refractivity contribution in [1.82, 2.24) is 0 Å². The molecule has 1 aromatic carbocycles. The van der Waals surface area contributed by atoms with Gasteiger partial charge in [-0.15, -0.1) is 0 Å². The van der Waals surface area contributed by atoms with Crippen molar-refractivity contribution < 1.29 is 0 Å². The molecule has 0 heterocycles. The van der Waals surface area contributed by atoms with Crippen molar-refractivity contribution in [2.24, 2.45) is 0 Å². The first-order valence-corrected chi connectivity index (χ1v) is 6.54. The third-order valence-corrected chi connectivity index (χ3v) is 4.82. The van der Waals surface area contributed by atoms with E-state index in [1.807, 2.05) is 0 Å². The summed E-state index contributed by atoms with van der Waals surface area (Å²) in [6, 6.07) is 0. The van der Waals surface area contributed by atoms with Gasteiger partial charge >= 0.3 is 0 Å². The van der Waals surface area contributed by atoms with Gasteiger partial charge in [0.25, 0.3) is 0 Å². The van der Waals surface area contributed by atoms with Crippen LogP contribution in [0, 0.1) is 0 Å². The van der Waals surface area contributed by atoms with Gasteiger partial charge < -0.3 is 0 Å². The summed E-state index contributed by atoms with van der Waals surface area (Å²) in [4.78, 5) is 0. The Kier molecular flexibility index (Phi) is 5.70. The first-order chi connectivity index (χ1) is 7.29. The van der Waals surface area contributed by atoms with E-state index in [0.717, 1.165) is 0 Å². The zero-order valence-corrected chi connectivity index (χ0v) is 13.1. The van der Waals surface area contributed by atoms with Crippen LogP contribution in [0.4, 0.5) is 0 Å². The SMILES string of the molecule is ClC(Cl)=C(Cl)c1c(Cl)c(Cl)c(Cl)c(Cl)c1Cl. The largest absolute Gasteiger partial charge is 0.126 e. The zero-order chi connectivity index (χ0) is 12.6. The van der Waals surface area contributed by atoms with E-state index in [4.69, 9.17) is 92.8 Å². The van der Waals surface area contributed by atoms with Crippen LogP contribution in [-0.2, 0) is 0 Å². The van der Waals surface area contributed by atoms with Crippen LogP contribution in [-0.4, -0.2) is 0 Å². The van der Waals surface area contributed by atoms with Crippen molar-refractivity contribution in [3.8, 4) is 0 Å². The van der Waals surface area contributed by atoms with Crippen molar-refractivity contribution >= 4 is 97.8 Å². The van der Waals surface area contributed by atoms with Crippen molar-refractivity contribution in [1.29, 1.82) is 0 Å². The van der Waals surface area contributed by atoms with Gasteiger partial charge in [0.05, 0.1) is 30.1 Å². The van der Waals surface area contributed by atoms with E-state index in [0.29, 0.717) is 0 Å². The minimum atomic E-state index is -0.208. The van der Waals surface area contributed by atoms with Crippen molar-refractivity contribution in [3.63, 3.8) is 0 Å². The molecule has 1 rings (SSSR count). The summed E-state index contributed by atoms with van der Waals surface area (Å²) < 4.78 is -0.208. The maximum absolute atomic E-state index is 5.92. The summed E-state index contributed by atoms with van der Waals surface area (Å²) >= 11 is 46.2. The van der Waals surface area contributed by atoms with E-state index in [1.165, 1.54) is 0 Å². The highest BCUT2D eigenvalue weighted by atomic mass is 35.5. The fourth-order valence-corrected chi connectivity index (χ4v) is 2.69. The molecule has 0 saturated heterocycles. The highest BCUT2D eigenvalue weighted by Gasteiger charge is 2.22. The van der Waals surface area contributed by atoms with Gasteiger partial charge in [-0.25, -0.2) is 0 Å². The molecule has 0 N–H and O–H groups in total. The van der Waals surface area contributed by atoms with Crippen LogP contribution < -0.4 is 0 Å². The summed E-state index contributed by atoms with van der Waals surface area (Å²) in [6.07, 6.45) is 0. The molecule has 8 heteroatoms. The smallest absolute Gasteiger partial charge is 0.0819 e. The van der Waals surface area contributed by atoms with E-state index in [2.05, 4.69) is 0 Å². The van der Waals surface area contributed by atoms with Crippen molar-refractivity contribution in [2.45, 2.75) is 0 Å². The summed E-state index contributed by atoms with van der Waals surface area (Å²) in [5.41, 5.74) is 0.143. The van der Waals surface area contributed by atoms with Gasteiger partial charge in [0.1, 0.15) is 4.49 Å². The Hall–Kier alpha value is 1.28. The fraction of sp³-hybridized carbons (Fsp3) is 0. The molecule has 0 aliphatic heterocycles. The summed E-state index contributed by atoms with van der Waals surface area (Å²) in [5, 5.41) is 0.103.